The Hall–Kier alpha value is -3.86. The van der Waals surface area contributed by atoms with Crippen molar-refractivity contribution in [3.05, 3.63) is 64.5 Å². The van der Waals surface area contributed by atoms with Crippen LogP contribution in [-0.4, -0.2) is 29.0 Å². The van der Waals surface area contributed by atoms with Crippen molar-refractivity contribution in [2.75, 3.05) is 6.61 Å². The minimum absolute atomic E-state index is 0.217. The second-order valence-electron chi connectivity index (χ2n) is 7.45. The summed E-state index contributed by atoms with van der Waals surface area (Å²) in [6, 6.07) is 12.0. The number of rotatable bonds is 7. The maximum atomic E-state index is 12.2. The Kier molecular flexibility index (Phi) is 8.15. The van der Waals surface area contributed by atoms with Crippen molar-refractivity contribution in [3.8, 4) is 6.07 Å². The molecule has 2 rings (SSSR count). The number of hydrogen-bond acceptors (Lipinski definition) is 5. The number of aryl methyl sites for hydroxylation is 1. The highest BCUT2D eigenvalue weighted by Crippen LogP contribution is 2.20. The summed E-state index contributed by atoms with van der Waals surface area (Å²) in [6.07, 6.45) is 1.45. The Balaban J connectivity index is 1.95. The highest BCUT2D eigenvalue weighted by molar-refractivity contribution is 5.99. The first kappa shape index (κ1) is 23.4. The van der Waals surface area contributed by atoms with Gasteiger partial charge in [-0.3, -0.25) is 20.4 Å². The third kappa shape index (κ3) is 6.57. The number of aromatic nitrogens is 1. The third-order valence-electron chi connectivity index (χ3n) is 4.49. The van der Waals surface area contributed by atoms with E-state index in [1.807, 2.05) is 26.0 Å². The van der Waals surface area contributed by atoms with Crippen LogP contribution in [0.2, 0.25) is 0 Å². The second kappa shape index (κ2) is 10.8. The van der Waals surface area contributed by atoms with Gasteiger partial charge in [0.15, 0.2) is 6.61 Å². The number of nitriles is 1. The lowest BCUT2D eigenvalue weighted by Gasteiger charge is -2.12. The van der Waals surface area contributed by atoms with E-state index in [4.69, 9.17) is 4.74 Å². The van der Waals surface area contributed by atoms with Gasteiger partial charge in [-0.05, 0) is 49.6 Å². The first-order valence-electron chi connectivity index (χ1n) is 9.82. The number of hydrogen-bond donors (Lipinski definition) is 2. The number of nitrogens with one attached hydrogen (secondary N) is 2. The zero-order chi connectivity index (χ0) is 23.0. The molecule has 0 spiro atoms. The van der Waals surface area contributed by atoms with Gasteiger partial charge in [-0.25, -0.2) is 4.79 Å². The summed E-state index contributed by atoms with van der Waals surface area (Å²) in [5.41, 5.74) is 7.24. The van der Waals surface area contributed by atoms with Gasteiger partial charge in [0.1, 0.15) is 11.6 Å². The molecular weight excluding hydrogens is 396 g/mol. The molecule has 0 aliphatic carbocycles. The highest BCUT2D eigenvalue weighted by Gasteiger charge is 2.16. The van der Waals surface area contributed by atoms with Crippen LogP contribution >= 0.6 is 0 Å². The summed E-state index contributed by atoms with van der Waals surface area (Å²) in [4.78, 5) is 36.0. The molecule has 8 nitrogen and oxygen atoms in total. The molecule has 0 atom stereocenters. The lowest BCUT2D eigenvalue weighted by atomic mass is 10.1. The monoisotopic (exact) mass is 422 g/mol. The van der Waals surface area contributed by atoms with Crippen molar-refractivity contribution in [3.63, 3.8) is 0 Å². The second-order valence-corrected chi connectivity index (χ2v) is 7.45. The van der Waals surface area contributed by atoms with Crippen molar-refractivity contribution < 1.29 is 19.1 Å². The van der Waals surface area contributed by atoms with Gasteiger partial charge in [0.05, 0.1) is 0 Å². The number of nitrogens with zero attached hydrogens (tertiary/aromatic N) is 2. The molecule has 0 bridgehead atoms. The van der Waals surface area contributed by atoms with E-state index >= 15 is 0 Å². The fourth-order valence-corrected chi connectivity index (χ4v) is 2.95. The molecule has 0 saturated carbocycles. The van der Waals surface area contributed by atoms with Gasteiger partial charge >= 0.3 is 5.97 Å². The number of hydrazine groups is 1. The Morgan fingerprint density at radius 3 is 2.45 bits per heavy atom. The van der Waals surface area contributed by atoms with Crippen molar-refractivity contribution in [1.82, 2.24) is 15.4 Å². The minimum atomic E-state index is -0.916. The highest BCUT2D eigenvalue weighted by atomic mass is 16.5. The van der Waals surface area contributed by atoms with Crippen molar-refractivity contribution in [2.24, 2.45) is 5.92 Å². The SMILES string of the molecule is Cc1cc(/C=C(\C#N)C(=O)OCC(=O)NNC(=O)c2ccccc2)c(C)n1CC(C)C. The number of amides is 2. The van der Waals surface area contributed by atoms with Crippen molar-refractivity contribution >= 4 is 23.9 Å². The van der Waals surface area contributed by atoms with Gasteiger partial charge in [-0.2, -0.15) is 5.26 Å². The molecule has 0 aliphatic heterocycles. The number of benzene rings is 1. The van der Waals surface area contributed by atoms with Crippen molar-refractivity contribution in [1.29, 1.82) is 5.26 Å². The molecule has 8 heteroatoms. The predicted molar refractivity (Wildman–Crippen MR) is 115 cm³/mol. The normalized spacial score (nSPS) is 11.0. The summed E-state index contributed by atoms with van der Waals surface area (Å²) < 4.78 is 7.03. The number of esters is 1. The number of carbonyl (C=O) groups excluding carboxylic acids is 3. The molecule has 0 radical (unpaired) electrons. The molecule has 2 aromatic rings. The fraction of sp³-hybridized carbons (Fsp3) is 0.304. The molecule has 1 aromatic carbocycles. The van der Waals surface area contributed by atoms with Crippen LogP contribution in [0.3, 0.4) is 0 Å². The lowest BCUT2D eigenvalue weighted by molar-refractivity contribution is -0.144. The summed E-state index contributed by atoms with van der Waals surface area (Å²) >= 11 is 0. The van der Waals surface area contributed by atoms with Gasteiger partial charge in [0.25, 0.3) is 11.8 Å². The van der Waals surface area contributed by atoms with E-state index in [1.54, 1.807) is 30.3 Å². The fourth-order valence-electron chi connectivity index (χ4n) is 2.95. The molecule has 0 aliphatic rings. The smallest absolute Gasteiger partial charge is 0.349 e. The van der Waals surface area contributed by atoms with Gasteiger partial charge in [0.2, 0.25) is 0 Å². The minimum Gasteiger partial charge on any atom is -0.451 e. The average molecular weight is 422 g/mol. The summed E-state index contributed by atoms with van der Waals surface area (Å²) in [5.74, 6) is -1.71. The van der Waals surface area contributed by atoms with Gasteiger partial charge in [-0.15, -0.1) is 0 Å². The van der Waals surface area contributed by atoms with Gasteiger partial charge in [-0.1, -0.05) is 32.0 Å². The molecular formula is C23H26N4O4. The quantitative estimate of drug-likeness (QED) is 0.308. The van der Waals surface area contributed by atoms with Gasteiger partial charge in [0, 0.05) is 23.5 Å². The van der Waals surface area contributed by atoms with E-state index in [0.29, 0.717) is 11.5 Å². The topological polar surface area (TPSA) is 113 Å². The lowest BCUT2D eigenvalue weighted by Crippen LogP contribution is -2.43. The maximum Gasteiger partial charge on any atom is 0.349 e. The van der Waals surface area contributed by atoms with Crippen LogP contribution < -0.4 is 10.9 Å². The number of ether oxygens (including phenoxy) is 1. The summed E-state index contributed by atoms with van der Waals surface area (Å²) in [5, 5.41) is 9.35. The molecule has 0 fully saturated rings. The van der Waals surface area contributed by atoms with E-state index in [9.17, 15) is 19.6 Å². The van der Waals surface area contributed by atoms with Crippen LogP contribution in [0.4, 0.5) is 0 Å². The van der Waals surface area contributed by atoms with Crippen LogP contribution in [-0.2, 0) is 20.9 Å². The number of carbonyl (C=O) groups is 3. The maximum absolute atomic E-state index is 12.2. The van der Waals surface area contributed by atoms with Crippen LogP contribution in [0.25, 0.3) is 6.08 Å². The van der Waals surface area contributed by atoms with E-state index in [2.05, 4.69) is 29.3 Å². The predicted octanol–water partition coefficient (Wildman–Crippen LogP) is 2.67. The van der Waals surface area contributed by atoms with Gasteiger partial charge < -0.3 is 9.30 Å². The van der Waals surface area contributed by atoms with Crippen LogP contribution in [0.5, 0.6) is 0 Å². The summed E-state index contributed by atoms with van der Waals surface area (Å²) in [7, 11) is 0. The largest absolute Gasteiger partial charge is 0.451 e. The van der Waals surface area contributed by atoms with E-state index < -0.39 is 24.4 Å². The molecule has 1 heterocycles. The van der Waals surface area contributed by atoms with E-state index in [-0.39, 0.29) is 5.57 Å². The Labute approximate surface area is 181 Å². The standard InChI is InChI=1S/C23H26N4O4/c1-15(2)13-27-16(3)10-19(17(27)4)11-20(12-24)23(30)31-14-21(28)25-26-22(29)18-8-6-5-7-9-18/h5-11,15H,13-14H2,1-4H3,(H,25,28)(H,26,29)/b20-11+. The molecule has 0 unspecified atom stereocenters. The van der Waals surface area contributed by atoms with E-state index in [0.717, 1.165) is 23.5 Å². The third-order valence-corrected chi connectivity index (χ3v) is 4.49. The molecule has 1 aromatic heterocycles. The van der Waals surface area contributed by atoms with Crippen LogP contribution in [0.1, 0.15) is 41.2 Å². The first-order chi connectivity index (χ1) is 14.7. The molecule has 2 amide bonds. The Morgan fingerprint density at radius 2 is 1.84 bits per heavy atom. The average Bonchev–Trinajstić information content (AvgIpc) is 3.01. The molecule has 31 heavy (non-hydrogen) atoms. The van der Waals surface area contributed by atoms with Crippen LogP contribution in [0.15, 0.2) is 42.0 Å². The van der Waals surface area contributed by atoms with E-state index in [1.165, 1.54) is 6.08 Å². The first-order valence-corrected chi connectivity index (χ1v) is 9.82. The van der Waals surface area contributed by atoms with Crippen molar-refractivity contribution in [2.45, 2.75) is 34.2 Å². The zero-order valence-corrected chi connectivity index (χ0v) is 18.1. The van der Waals surface area contributed by atoms with Crippen LogP contribution in [0, 0.1) is 31.1 Å². The molecule has 0 saturated heterocycles. The summed E-state index contributed by atoms with van der Waals surface area (Å²) in [6.45, 7) is 8.29. The molecule has 2 N–H and O–H groups in total. The molecule has 162 valence electrons. The Morgan fingerprint density at radius 1 is 1.16 bits per heavy atom. The Bertz CT molecular complexity index is 1030. The zero-order valence-electron chi connectivity index (χ0n) is 18.1.